The molecule has 0 spiro atoms. The predicted octanol–water partition coefficient (Wildman–Crippen LogP) is 1.83. The number of hydrogen-bond donors (Lipinski definition) is 1. The van der Waals surface area contributed by atoms with Crippen LogP contribution in [0.2, 0.25) is 0 Å². The number of aryl methyl sites for hydroxylation is 1. The monoisotopic (exact) mass is 391 g/mol. The van der Waals surface area contributed by atoms with E-state index in [-0.39, 0.29) is 23.8 Å². The number of aromatic nitrogens is 4. The summed E-state index contributed by atoms with van der Waals surface area (Å²) in [4.78, 5) is 37.9. The standard InChI is InChI=1S/C18H25N5O3S/c1-4-5-8-19-14(24)11-22-18(26)23-13-7-10-27-15(13)16(25)21(17(23)20-22)9-6-12(2)3/h7,10,12H,4-6,8-9,11H2,1-3H3,(H,19,24). The Labute approximate surface area is 160 Å². The second-order valence-electron chi connectivity index (χ2n) is 7.05. The SMILES string of the molecule is CCCCNC(=O)Cn1nc2n(CCC(C)C)c(=O)c3sccc3n2c1=O. The van der Waals surface area contributed by atoms with Crippen molar-refractivity contribution in [1.82, 2.24) is 24.1 Å². The number of carbonyl (C=O) groups excluding carboxylic acids is 1. The van der Waals surface area contributed by atoms with Gasteiger partial charge in [-0.1, -0.05) is 27.2 Å². The van der Waals surface area contributed by atoms with Gasteiger partial charge in [0.25, 0.3) is 5.56 Å². The molecule has 0 saturated heterocycles. The van der Waals surface area contributed by atoms with Gasteiger partial charge < -0.3 is 5.32 Å². The van der Waals surface area contributed by atoms with Crippen molar-refractivity contribution < 1.29 is 4.79 Å². The molecule has 3 rings (SSSR count). The van der Waals surface area contributed by atoms with Crippen molar-refractivity contribution in [3.8, 4) is 0 Å². The molecule has 0 aromatic carbocycles. The Bertz CT molecular complexity index is 1070. The number of hydrogen-bond acceptors (Lipinski definition) is 5. The van der Waals surface area contributed by atoms with E-state index >= 15 is 0 Å². The summed E-state index contributed by atoms with van der Waals surface area (Å²) < 4.78 is 4.65. The van der Waals surface area contributed by atoms with Gasteiger partial charge in [-0.25, -0.2) is 13.9 Å². The van der Waals surface area contributed by atoms with E-state index in [1.54, 1.807) is 16.0 Å². The zero-order chi connectivity index (χ0) is 19.6. The van der Waals surface area contributed by atoms with Crippen molar-refractivity contribution >= 4 is 33.2 Å². The molecular formula is C18H25N5O3S. The van der Waals surface area contributed by atoms with Gasteiger partial charge in [-0.2, -0.15) is 0 Å². The van der Waals surface area contributed by atoms with Crippen LogP contribution >= 0.6 is 11.3 Å². The molecule has 0 atom stereocenters. The summed E-state index contributed by atoms with van der Waals surface area (Å²) in [5.74, 6) is 0.443. The summed E-state index contributed by atoms with van der Waals surface area (Å²) >= 11 is 1.31. The zero-order valence-corrected chi connectivity index (χ0v) is 16.7. The topological polar surface area (TPSA) is 90.4 Å². The van der Waals surface area contributed by atoms with E-state index in [4.69, 9.17) is 0 Å². The number of unbranched alkanes of at least 4 members (excludes halogenated alkanes) is 1. The first-order chi connectivity index (χ1) is 12.9. The lowest BCUT2D eigenvalue weighted by molar-refractivity contribution is -0.121. The Morgan fingerprint density at radius 3 is 2.81 bits per heavy atom. The largest absolute Gasteiger partial charge is 0.354 e. The third-order valence-electron chi connectivity index (χ3n) is 4.46. The van der Waals surface area contributed by atoms with Gasteiger partial charge >= 0.3 is 5.69 Å². The summed E-state index contributed by atoms with van der Waals surface area (Å²) in [6.07, 6.45) is 2.66. The lowest BCUT2D eigenvalue weighted by atomic mass is 10.1. The van der Waals surface area contributed by atoms with Crippen LogP contribution in [0.1, 0.15) is 40.0 Å². The Morgan fingerprint density at radius 1 is 1.33 bits per heavy atom. The third kappa shape index (κ3) is 3.83. The second kappa shape index (κ2) is 8.08. The van der Waals surface area contributed by atoms with E-state index in [2.05, 4.69) is 24.3 Å². The number of carbonyl (C=O) groups is 1. The molecule has 8 nitrogen and oxygen atoms in total. The van der Waals surface area contributed by atoms with Crippen molar-refractivity contribution in [3.63, 3.8) is 0 Å². The van der Waals surface area contributed by atoms with Crippen LogP contribution in [0.5, 0.6) is 0 Å². The summed E-state index contributed by atoms with van der Waals surface area (Å²) in [7, 11) is 0. The number of nitrogens with one attached hydrogen (secondary N) is 1. The predicted molar refractivity (Wildman–Crippen MR) is 106 cm³/mol. The number of amides is 1. The highest BCUT2D eigenvalue weighted by Gasteiger charge is 2.19. The highest BCUT2D eigenvalue weighted by molar-refractivity contribution is 7.17. The molecule has 27 heavy (non-hydrogen) atoms. The molecule has 3 aromatic rings. The molecule has 0 radical (unpaired) electrons. The molecule has 9 heteroatoms. The highest BCUT2D eigenvalue weighted by Crippen LogP contribution is 2.17. The summed E-state index contributed by atoms with van der Waals surface area (Å²) in [5, 5.41) is 8.90. The average Bonchev–Trinajstić information content (AvgIpc) is 3.20. The van der Waals surface area contributed by atoms with Gasteiger partial charge in [0.1, 0.15) is 11.2 Å². The molecule has 3 aromatic heterocycles. The van der Waals surface area contributed by atoms with Crippen LogP contribution in [0.15, 0.2) is 21.0 Å². The molecule has 0 aliphatic heterocycles. The first-order valence-electron chi connectivity index (χ1n) is 9.30. The average molecular weight is 391 g/mol. The van der Waals surface area contributed by atoms with Crippen LogP contribution in [0.4, 0.5) is 0 Å². The minimum Gasteiger partial charge on any atom is -0.354 e. The van der Waals surface area contributed by atoms with Gasteiger partial charge in [-0.3, -0.25) is 14.2 Å². The minimum atomic E-state index is -0.405. The minimum absolute atomic E-state index is 0.141. The number of fused-ring (bicyclic) bond motifs is 3. The Morgan fingerprint density at radius 2 is 2.11 bits per heavy atom. The van der Waals surface area contributed by atoms with Crippen LogP contribution in [0, 0.1) is 5.92 Å². The van der Waals surface area contributed by atoms with Crippen molar-refractivity contribution in [2.75, 3.05) is 6.54 Å². The molecule has 0 fully saturated rings. The van der Waals surface area contributed by atoms with Crippen LogP contribution in [-0.4, -0.2) is 31.2 Å². The number of nitrogens with zero attached hydrogens (tertiary/aromatic N) is 4. The lowest BCUT2D eigenvalue weighted by Gasteiger charge is -2.09. The molecular weight excluding hydrogens is 366 g/mol. The maximum absolute atomic E-state index is 12.9. The highest BCUT2D eigenvalue weighted by atomic mass is 32.1. The van der Waals surface area contributed by atoms with Crippen molar-refractivity contribution in [2.45, 2.75) is 53.1 Å². The van der Waals surface area contributed by atoms with Gasteiger partial charge in [-0.05, 0) is 30.2 Å². The van der Waals surface area contributed by atoms with Gasteiger partial charge in [0.05, 0.1) is 5.52 Å². The fourth-order valence-corrected chi connectivity index (χ4v) is 3.75. The molecule has 0 aliphatic rings. The van der Waals surface area contributed by atoms with E-state index in [0.717, 1.165) is 23.9 Å². The van der Waals surface area contributed by atoms with Crippen LogP contribution in [0.25, 0.3) is 16.0 Å². The van der Waals surface area contributed by atoms with Crippen molar-refractivity contribution in [1.29, 1.82) is 0 Å². The second-order valence-corrected chi connectivity index (χ2v) is 7.97. The van der Waals surface area contributed by atoms with Crippen molar-refractivity contribution in [3.05, 3.63) is 32.3 Å². The fourth-order valence-electron chi connectivity index (χ4n) is 2.92. The first kappa shape index (κ1) is 19.3. The van der Waals surface area contributed by atoms with Gasteiger partial charge in [-0.15, -0.1) is 16.4 Å². The maximum Gasteiger partial charge on any atom is 0.352 e. The molecule has 0 aliphatic carbocycles. The molecule has 0 unspecified atom stereocenters. The van der Waals surface area contributed by atoms with Crippen LogP contribution in [-0.2, 0) is 17.9 Å². The van der Waals surface area contributed by atoms with Crippen LogP contribution in [0.3, 0.4) is 0 Å². The van der Waals surface area contributed by atoms with Gasteiger partial charge in [0.2, 0.25) is 11.7 Å². The van der Waals surface area contributed by atoms with E-state index < -0.39 is 5.69 Å². The normalized spacial score (nSPS) is 11.7. The molecule has 146 valence electrons. The Balaban J connectivity index is 2.07. The Hall–Kier alpha value is -2.42. The van der Waals surface area contributed by atoms with E-state index in [1.807, 2.05) is 6.92 Å². The maximum atomic E-state index is 12.9. The lowest BCUT2D eigenvalue weighted by Crippen LogP contribution is -2.33. The van der Waals surface area contributed by atoms with Crippen LogP contribution < -0.4 is 16.6 Å². The van der Waals surface area contributed by atoms with E-state index in [0.29, 0.717) is 29.2 Å². The van der Waals surface area contributed by atoms with E-state index in [9.17, 15) is 14.4 Å². The molecule has 0 bridgehead atoms. The quantitative estimate of drug-likeness (QED) is 0.593. The van der Waals surface area contributed by atoms with E-state index in [1.165, 1.54) is 15.7 Å². The zero-order valence-electron chi connectivity index (χ0n) is 15.9. The first-order valence-corrected chi connectivity index (χ1v) is 10.2. The Kier molecular flexibility index (Phi) is 5.79. The van der Waals surface area contributed by atoms with Gasteiger partial charge in [0, 0.05) is 13.1 Å². The molecule has 1 amide bonds. The van der Waals surface area contributed by atoms with Gasteiger partial charge in [0.15, 0.2) is 0 Å². The van der Waals surface area contributed by atoms with Crippen molar-refractivity contribution in [2.24, 2.45) is 5.92 Å². The molecule has 0 saturated carbocycles. The fraction of sp³-hybridized carbons (Fsp3) is 0.556. The third-order valence-corrected chi connectivity index (χ3v) is 5.36. The molecule has 1 N–H and O–H groups in total. The summed E-state index contributed by atoms with van der Waals surface area (Å²) in [5.41, 5.74) is -0.00141. The summed E-state index contributed by atoms with van der Waals surface area (Å²) in [6, 6.07) is 1.75. The number of rotatable bonds is 8. The summed E-state index contributed by atoms with van der Waals surface area (Å²) in [6.45, 7) is 7.10. The smallest absolute Gasteiger partial charge is 0.352 e. The molecule has 3 heterocycles. The number of thiophene rings is 1.